The van der Waals surface area contributed by atoms with Crippen LogP contribution in [0.15, 0.2) is 66.7 Å². The van der Waals surface area contributed by atoms with Gasteiger partial charge in [-0.25, -0.2) is 8.78 Å². The third kappa shape index (κ3) is 5.27. The molecule has 0 spiro atoms. The van der Waals surface area contributed by atoms with Gasteiger partial charge in [0.05, 0.1) is 0 Å². The molecule has 37 heavy (non-hydrogen) atoms. The van der Waals surface area contributed by atoms with Crippen molar-refractivity contribution in [3.05, 3.63) is 83.4 Å². The topological polar surface area (TPSA) is 62.2 Å². The fraction of sp³-hybridized carbons (Fsp3) is 0.333. The van der Waals surface area contributed by atoms with Gasteiger partial charge in [0.25, 0.3) is 6.43 Å². The zero-order chi connectivity index (χ0) is 26.1. The number of rotatable bonds is 7. The van der Waals surface area contributed by atoms with Crippen molar-refractivity contribution < 1.29 is 28.5 Å². The van der Waals surface area contributed by atoms with Gasteiger partial charge >= 0.3 is 0 Å². The van der Waals surface area contributed by atoms with Crippen LogP contribution in [0, 0.1) is 5.92 Å². The Hall–Kier alpha value is -3.58. The van der Waals surface area contributed by atoms with Gasteiger partial charge in [-0.05, 0) is 85.0 Å². The Morgan fingerprint density at radius 1 is 1.03 bits per heavy atom. The molecule has 3 aromatic rings. The summed E-state index contributed by atoms with van der Waals surface area (Å²) in [6, 6.07) is 18.3. The van der Waals surface area contributed by atoms with Gasteiger partial charge in [-0.3, -0.25) is 4.90 Å². The highest BCUT2D eigenvalue weighted by Crippen LogP contribution is 2.47. The number of hydrogen-bond donors (Lipinski definition) is 2. The van der Waals surface area contributed by atoms with Crippen molar-refractivity contribution in [3.8, 4) is 23.0 Å². The molecule has 0 radical (unpaired) electrons. The average Bonchev–Trinajstić information content (AvgIpc) is 3.30. The fourth-order valence-corrected chi connectivity index (χ4v) is 5.25. The van der Waals surface area contributed by atoms with Gasteiger partial charge in [0.15, 0.2) is 0 Å². The Balaban J connectivity index is 1.41. The van der Waals surface area contributed by atoms with Crippen LogP contribution < -0.4 is 9.47 Å². The monoisotopic (exact) mass is 507 g/mol. The highest BCUT2D eigenvalue weighted by molar-refractivity contribution is 5.95. The summed E-state index contributed by atoms with van der Waals surface area (Å²) in [5.74, 6) is 1.86. The Kier molecular flexibility index (Phi) is 7.07. The molecule has 1 saturated heterocycles. The first-order chi connectivity index (χ1) is 17.8. The molecule has 2 aliphatic rings. The first kappa shape index (κ1) is 25.1. The van der Waals surface area contributed by atoms with Crippen LogP contribution in [-0.2, 0) is 0 Å². The lowest BCUT2D eigenvalue weighted by atomic mass is 9.86. The van der Waals surface area contributed by atoms with Gasteiger partial charge in [-0.15, -0.1) is 0 Å². The van der Waals surface area contributed by atoms with Crippen LogP contribution in [0.2, 0.25) is 0 Å². The predicted molar refractivity (Wildman–Crippen MR) is 139 cm³/mol. The van der Waals surface area contributed by atoms with E-state index in [0.29, 0.717) is 30.5 Å². The second kappa shape index (κ2) is 10.4. The van der Waals surface area contributed by atoms with Crippen LogP contribution in [0.4, 0.5) is 8.78 Å². The van der Waals surface area contributed by atoms with E-state index < -0.39 is 18.6 Å². The van der Waals surface area contributed by atoms with Crippen LogP contribution in [0.25, 0.3) is 11.1 Å². The van der Waals surface area contributed by atoms with Gasteiger partial charge in [0.1, 0.15) is 41.8 Å². The third-order valence-electron chi connectivity index (χ3n) is 7.25. The summed E-state index contributed by atoms with van der Waals surface area (Å²) in [6.07, 6.45) is -2.03. The Bertz CT molecular complexity index is 1290. The Labute approximate surface area is 215 Å². The van der Waals surface area contributed by atoms with Crippen LogP contribution in [0.1, 0.15) is 43.1 Å². The first-order valence-corrected chi connectivity index (χ1v) is 12.6. The average molecular weight is 508 g/mol. The van der Waals surface area contributed by atoms with Crippen molar-refractivity contribution in [2.24, 2.45) is 5.92 Å². The number of aromatic hydroxyl groups is 2. The van der Waals surface area contributed by atoms with Crippen molar-refractivity contribution in [2.75, 3.05) is 19.7 Å². The lowest BCUT2D eigenvalue weighted by Gasteiger charge is -2.31. The maximum atomic E-state index is 13.7. The molecule has 5 nitrogen and oxygen atoms in total. The molecule has 3 atom stereocenters. The molecule has 0 saturated carbocycles. The number of hydrogen-bond acceptors (Lipinski definition) is 5. The number of halogens is 2. The standard InChI is InChI=1S/C30H31F2NO4/c1-18-12-13-33(16-18)26(30(31)32)17-36-24-9-6-20(7-10-24)29-28(21-4-3-5-22(34)14-21)19(2)25-15-23(35)8-11-27(25)37-29/h3-11,14-15,18,26,29-30,34-35H,12-13,16-17H2,1-2H3. The highest BCUT2D eigenvalue weighted by Gasteiger charge is 2.33. The lowest BCUT2D eigenvalue weighted by Crippen LogP contribution is -2.43. The molecule has 2 aliphatic heterocycles. The molecule has 5 rings (SSSR count). The second-order valence-electron chi connectivity index (χ2n) is 9.94. The quantitative estimate of drug-likeness (QED) is 0.381. The smallest absolute Gasteiger partial charge is 0.257 e. The number of likely N-dealkylation sites (tertiary alicyclic amines) is 1. The number of phenols is 2. The first-order valence-electron chi connectivity index (χ1n) is 12.6. The van der Waals surface area contributed by atoms with Crippen LogP contribution in [-0.4, -0.2) is 47.3 Å². The molecule has 1 fully saturated rings. The van der Waals surface area contributed by atoms with E-state index in [1.807, 2.05) is 30.0 Å². The highest BCUT2D eigenvalue weighted by atomic mass is 19.3. The summed E-state index contributed by atoms with van der Waals surface area (Å²) >= 11 is 0. The third-order valence-corrected chi connectivity index (χ3v) is 7.25. The van der Waals surface area contributed by atoms with Crippen LogP contribution in [0.5, 0.6) is 23.0 Å². The number of allylic oxidation sites excluding steroid dienone is 1. The molecule has 0 aliphatic carbocycles. The molecule has 0 bridgehead atoms. The zero-order valence-electron chi connectivity index (χ0n) is 20.9. The van der Waals surface area contributed by atoms with E-state index in [1.54, 1.807) is 48.5 Å². The van der Waals surface area contributed by atoms with Gasteiger partial charge in [0.2, 0.25) is 0 Å². The summed E-state index contributed by atoms with van der Waals surface area (Å²) in [5.41, 5.74) is 4.22. The van der Waals surface area contributed by atoms with E-state index in [9.17, 15) is 19.0 Å². The van der Waals surface area contributed by atoms with E-state index in [4.69, 9.17) is 9.47 Å². The molecule has 2 N–H and O–H groups in total. The summed E-state index contributed by atoms with van der Waals surface area (Å²) in [7, 11) is 0. The number of phenolic OH excluding ortho intramolecular Hbond substituents is 2. The number of alkyl halides is 2. The number of benzene rings is 3. The van der Waals surface area contributed by atoms with E-state index in [2.05, 4.69) is 6.92 Å². The molecular formula is C30H31F2NO4. The minimum absolute atomic E-state index is 0.0753. The van der Waals surface area contributed by atoms with Crippen LogP contribution in [0.3, 0.4) is 0 Å². The van der Waals surface area contributed by atoms with Crippen molar-refractivity contribution in [3.63, 3.8) is 0 Å². The predicted octanol–water partition coefficient (Wildman–Crippen LogP) is 6.52. The molecule has 3 aromatic carbocycles. The zero-order valence-corrected chi connectivity index (χ0v) is 20.9. The minimum atomic E-state index is -2.47. The lowest BCUT2D eigenvalue weighted by molar-refractivity contribution is 0.0102. The van der Waals surface area contributed by atoms with E-state index >= 15 is 0 Å². The summed E-state index contributed by atoms with van der Waals surface area (Å²) in [6.45, 7) is 5.31. The van der Waals surface area contributed by atoms with Gasteiger partial charge < -0.3 is 19.7 Å². The summed E-state index contributed by atoms with van der Waals surface area (Å²) in [4.78, 5) is 1.82. The minimum Gasteiger partial charge on any atom is -0.508 e. The van der Waals surface area contributed by atoms with Crippen molar-refractivity contribution >= 4 is 11.1 Å². The summed E-state index contributed by atoms with van der Waals surface area (Å²) in [5, 5.41) is 20.2. The SMILES string of the molecule is CC1=C(c2cccc(O)c2)C(c2ccc(OCC(C(F)F)N3CCC(C)C3)cc2)Oc2ccc(O)cc21. The summed E-state index contributed by atoms with van der Waals surface area (Å²) < 4.78 is 39.7. The second-order valence-corrected chi connectivity index (χ2v) is 9.94. The Morgan fingerprint density at radius 3 is 2.46 bits per heavy atom. The molecule has 2 heterocycles. The largest absolute Gasteiger partial charge is 0.508 e. The van der Waals surface area contributed by atoms with E-state index in [1.165, 1.54) is 0 Å². The normalized spacial score (nSPS) is 20.6. The Morgan fingerprint density at radius 2 is 1.78 bits per heavy atom. The number of ether oxygens (including phenoxy) is 2. The molecule has 0 aromatic heterocycles. The van der Waals surface area contributed by atoms with Gasteiger partial charge in [-0.1, -0.05) is 31.2 Å². The van der Waals surface area contributed by atoms with E-state index in [-0.39, 0.29) is 18.1 Å². The fourth-order valence-electron chi connectivity index (χ4n) is 5.25. The van der Waals surface area contributed by atoms with Crippen molar-refractivity contribution in [1.82, 2.24) is 4.90 Å². The van der Waals surface area contributed by atoms with E-state index in [0.717, 1.165) is 34.3 Å². The maximum absolute atomic E-state index is 13.7. The molecule has 0 amide bonds. The van der Waals surface area contributed by atoms with Crippen LogP contribution >= 0.6 is 0 Å². The van der Waals surface area contributed by atoms with Gasteiger partial charge in [-0.2, -0.15) is 0 Å². The maximum Gasteiger partial charge on any atom is 0.257 e. The number of fused-ring (bicyclic) bond motifs is 1. The van der Waals surface area contributed by atoms with Crippen molar-refractivity contribution in [2.45, 2.75) is 38.8 Å². The number of nitrogens with zero attached hydrogens (tertiary/aromatic N) is 1. The van der Waals surface area contributed by atoms with Crippen molar-refractivity contribution in [1.29, 1.82) is 0 Å². The van der Waals surface area contributed by atoms with Gasteiger partial charge in [0, 0.05) is 17.7 Å². The molecule has 7 heteroatoms. The molecule has 3 unspecified atom stereocenters. The molecular weight excluding hydrogens is 476 g/mol. The molecule has 194 valence electrons.